The monoisotopic (exact) mass is 299 g/mol. The van der Waals surface area contributed by atoms with Crippen LogP contribution in [0.5, 0.6) is 5.75 Å². The van der Waals surface area contributed by atoms with E-state index in [2.05, 4.69) is 0 Å². The molecule has 0 aromatic heterocycles. The molecule has 0 bridgehead atoms. The molecule has 0 unspecified atom stereocenters. The van der Waals surface area contributed by atoms with Crippen LogP contribution >= 0.6 is 11.6 Å². The van der Waals surface area contributed by atoms with Gasteiger partial charge in [0.05, 0.1) is 0 Å². The lowest BCUT2D eigenvalue weighted by atomic mass is 10.2. The fourth-order valence-electron chi connectivity index (χ4n) is 1.73. The molecule has 1 amide bonds. The smallest absolute Gasteiger partial charge is 0.323 e. The summed E-state index contributed by atoms with van der Waals surface area (Å²) < 4.78 is 5.42. The van der Waals surface area contributed by atoms with Crippen molar-refractivity contribution < 1.29 is 19.4 Å². The van der Waals surface area contributed by atoms with Gasteiger partial charge in [-0.05, 0) is 37.1 Å². The van der Waals surface area contributed by atoms with Crippen LogP contribution in [-0.4, -0.2) is 41.6 Å². The first-order valence-electron chi connectivity index (χ1n) is 6.32. The summed E-state index contributed by atoms with van der Waals surface area (Å²) in [5, 5.41) is 9.37. The van der Waals surface area contributed by atoms with Crippen molar-refractivity contribution >= 4 is 23.5 Å². The summed E-state index contributed by atoms with van der Waals surface area (Å²) in [5.74, 6) is -0.812. The van der Waals surface area contributed by atoms with E-state index < -0.39 is 5.97 Å². The maximum atomic E-state index is 11.9. The molecule has 0 heterocycles. The minimum atomic E-state index is -1.03. The first kappa shape index (κ1) is 16.3. The molecule has 0 radical (unpaired) electrons. The van der Waals surface area contributed by atoms with E-state index in [1.807, 2.05) is 13.8 Å². The molecule has 5 nitrogen and oxygen atoms in total. The molecule has 0 aliphatic rings. The highest BCUT2D eigenvalue weighted by atomic mass is 35.5. The molecule has 0 saturated carbocycles. The number of hydrogen-bond acceptors (Lipinski definition) is 3. The minimum absolute atomic E-state index is 0.185. The predicted octanol–water partition coefficient (Wildman–Crippen LogP) is 2.35. The molecule has 20 heavy (non-hydrogen) atoms. The maximum absolute atomic E-state index is 11.9. The van der Waals surface area contributed by atoms with Gasteiger partial charge in [-0.15, -0.1) is 0 Å². The van der Waals surface area contributed by atoms with Crippen LogP contribution in [0.4, 0.5) is 0 Å². The number of aryl methyl sites for hydroxylation is 1. The van der Waals surface area contributed by atoms with Gasteiger partial charge in [0.25, 0.3) is 5.91 Å². The van der Waals surface area contributed by atoms with Gasteiger partial charge in [-0.2, -0.15) is 0 Å². The number of carboxylic acids is 1. The number of carboxylic acid groups (broad SMARTS) is 1. The van der Waals surface area contributed by atoms with Gasteiger partial charge in [-0.25, -0.2) is 0 Å². The standard InChI is InChI=1S/C14H18ClNO4/c1-3-6-16(8-14(18)19)13(17)9-20-12-5-4-11(15)7-10(12)2/h4-5,7H,3,6,8-9H2,1-2H3,(H,18,19). The van der Waals surface area contributed by atoms with Gasteiger partial charge in [0, 0.05) is 11.6 Å². The number of carbonyl (C=O) groups is 2. The van der Waals surface area contributed by atoms with Crippen molar-refractivity contribution in [3.05, 3.63) is 28.8 Å². The van der Waals surface area contributed by atoms with Crippen molar-refractivity contribution in [1.82, 2.24) is 4.90 Å². The molecule has 0 atom stereocenters. The van der Waals surface area contributed by atoms with E-state index in [1.165, 1.54) is 4.90 Å². The highest BCUT2D eigenvalue weighted by Crippen LogP contribution is 2.21. The Morgan fingerprint density at radius 2 is 2.10 bits per heavy atom. The quantitative estimate of drug-likeness (QED) is 0.839. The van der Waals surface area contributed by atoms with Crippen LogP contribution in [0.2, 0.25) is 5.02 Å². The Morgan fingerprint density at radius 3 is 2.65 bits per heavy atom. The van der Waals surface area contributed by atoms with Crippen LogP contribution in [0.3, 0.4) is 0 Å². The fraction of sp³-hybridized carbons (Fsp3) is 0.429. The number of amides is 1. The Bertz CT molecular complexity index is 490. The van der Waals surface area contributed by atoms with Crippen molar-refractivity contribution in [2.24, 2.45) is 0 Å². The van der Waals surface area contributed by atoms with Gasteiger partial charge in [-0.3, -0.25) is 9.59 Å². The Labute approximate surface area is 123 Å². The second-order valence-corrected chi connectivity index (χ2v) is 4.84. The molecular weight excluding hydrogens is 282 g/mol. The zero-order valence-electron chi connectivity index (χ0n) is 11.6. The lowest BCUT2D eigenvalue weighted by Gasteiger charge is -2.20. The summed E-state index contributed by atoms with van der Waals surface area (Å²) in [6, 6.07) is 5.10. The minimum Gasteiger partial charge on any atom is -0.483 e. The van der Waals surface area contributed by atoms with Gasteiger partial charge in [0.15, 0.2) is 6.61 Å². The highest BCUT2D eigenvalue weighted by Gasteiger charge is 2.16. The predicted molar refractivity (Wildman–Crippen MR) is 76.2 cm³/mol. The van der Waals surface area contributed by atoms with Crippen LogP contribution in [0.1, 0.15) is 18.9 Å². The summed E-state index contributed by atoms with van der Waals surface area (Å²) in [7, 11) is 0. The van der Waals surface area contributed by atoms with E-state index >= 15 is 0 Å². The van der Waals surface area contributed by atoms with Gasteiger partial charge in [0.2, 0.25) is 0 Å². The SMILES string of the molecule is CCCN(CC(=O)O)C(=O)COc1ccc(Cl)cc1C. The Morgan fingerprint density at radius 1 is 1.40 bits per heavy atom. The third kappa shape index (κ3) is 5.09. The molecule has 1 rings (SSSR count). The number of halogens is 1. The van der Waals surface area contributed by atoms with Crippen LogP contribution < -0.4 is 4.74 Å². The number of carbonyl (C=O) groups excluding carboxylic acids is 1. The van der Waals surface area contributed by atoms with E-state index in [0.29, 0.717) is 23.7 Å². The number of benzene rings is 1. The average molecular weight is 300 g/mol. The normalized spacial score (nSPS) is 10.2. The highest BCUT2D eigenvalue weighted by molar-refractivity contribution is 6.30. The van der Waals surface area contributed by atoms with Crippen LogP contribution in [0.25, 0.3) is 0 Å². The molecule has 0 saturated heterocycles. The summed E-state index contributed by atoms with van der Waals surface area (Å²) in [4.78, 5) is 23.9. The lowest BCUT2D eigenvalue weighted by molar-refractivity contribution is -0.145. The molecule has 0 aliphatic heterocycles. The third-order valence-electron chi connectivity index (χ3n) is 2.66. The fourth-order valence-corrected chi connectivity index (χ4v) is 1.96. The Kier molecular flexibility index (Phi) is 6.31. The van der Waals surface area contributed by atoms with Crippen LogP contribution in [0, 0.1) is 6.92 Å². The van der Waals surface area contributed by atoms with Crippen molar-refractivity contribution in [3.8, 4) is 5.75 Å². The second-order valence-electron chi connectivity index (χ2n) is 4.41. The summed E-state index contributed by atoms with van der Waals surface area (Å²) >= 11 is 5.83. The molecule has 6 heteroatoms. The van der Waals surface area contributed by atoms with Gasteiger partial charge in [0.1, 0.15) is 12.3 Å². The molecule has 0 aliphatic carbocycles. The van der Waals surface area contributed by atoms with Crippen molar-refractivity contribution in [1.29, 1.82) is 0 Å². The van der Waals surface area contributed by atoms with E-state index in [9.17, 15) is 9.59 Å². The molecule has 0 spiro atoms. The van der Waals surface area contributed by atoms with Crippen molar-refractivity contribution in [2.45, 2.75) is 20.3 Å². The van der Waals surface area contributed by atoms with E-state index in [0.717, 1.165) is 5.56 Å². The summed E-state index contributed by atoms with van der Waals surface area (Å²) in [6.07, 6.45) is 0.693. The first-order chi connectivity index (χ1) is 9.43. The lowest BCUT2D eigenvalue weighted by Crippen LogP contribution is -2.39. The summed E-state index contributed by atoms with van der Waals surface area (Å²) in [5.41, 5.74) is 0.825. The zero-order valence-corrected chi connectivity index (χ0v) is 12.3. The van der Waals surface area contributed by atoms with E-state index in [1.54, 1.807) is 18.2 Å². The molecule has 1 N–H and O–H groups in total. The number of hydrogen-bond donors (Lipinski definition) is 1. The van der Waals surface area contributed by atoms with Gasteiger partial charge >= 0.3 is 5.97 Å². The molecular formula is C14H18ClNO4. The summed E-state index contributed by atoms with van der Waals surface area (Å²) in [6.45, 7) is 3.61. The second kappa shape index (κ2) is 7.75. The molecule has 1 aromatic rings. The topological polar surface area (TPSA) is 66.8 Å². The zero-order chi connectivity index (χ0) is 15.1. The van der Waals surface area contributed by atoms with Crippen LogP contribution in [0.15, 0.2) is 18.2 Å². The van der Waals surface area contributed by atoms with Gasteiger partial charge in [-0.1, -0.05) is 18.5 Å². The molecule has 110 valence electrons. The van der Waals surface area contributed by atoms with E-state index in [-0.39, 0.29) is 19.1 Å². The number of nitrogens with zero attached hydrogens (tertiary/aromatic N) is 1. The van der Waals surface area contributed by atoms with Crippen molar-refractivity contribution in [3.63, 3.8) is 0 Å². The number of ether oxygens (including phenoxy) is 1. The Balaban J connectivity index is 2.62. The van der Waals surface area contributed by atoms with Crippen LogP contribution in [-0.2, 0) is 9.59 Å². The largest absolute Gasteiger partial charge is 0.483 e. The number of aliphatic carboxylic acids is 1. The molecule has 0 fully saturated rings. The maximum Gasteiger partial charge on any atom is 0.323 e. The number of rotatable bonds is 7. The average Bonchev–Trinajstić information content (AvgIpc) is 2.36. The van der Waals surface area contributed by atoms with E-state index in [4.69, 9.17) is 21.4 Å². The van der Waals surface area contributed by atoms with Crippen molar-refractivity contribution in [2.75, 3.05) is 19.7 Å². The Hall–Kier alpha value is -1.75. The first-order valence-corrected chi connectivity index (χ1v) is 6.70. The van der Waals surface area contributed by atoms with Gasteiger partial charge < -0.3 is 14.7 Å². The third-order valence-corrected chi connectivity index (χ3v) is 2.90. The molecule has 1 aromatic carbocycles.